The topological polar surface area (TPSA) is 76.7 Å². The van der Waals surface area contributed by atoms with Gasteiger partial charge < -0.3 is 15.8 Å². The van der Waals surface area contributed by atoms with Gasteiger partial charge in [-0.3, -0.25) is 4.79 Å². The lowest BCUT2D eigenvalue weighted by molar-refractivity contribution is 0.0960. The molecule has 6 heteroatoms. The van der Waals surface area contributed by atoms with E-state index >= 15 is 0 Å². The lowest BCUT2D eigenvalue weighted by atomic mass is 10.1. The second-order valence-electron chi connectivity index (χ2n) is 3.94. The van der Waals surface area contributed by atoms with Crippen molar-refractivity contribution < 1.29 is 9.53 Å². The summed E-state index contributed by atoms with van der Waals surface area (Å²) in [6.07, 6.45) is 0. The summed E-state index contributed by atoms with van der Waals surface area (Å²) < 4.78 is 5.16. The van der Waals surface area contributed by atoms with E-state index in [0.29, 0.717) is 22.8 Å². The zero-order chi connectivity index (χ0) is 14.5. The van der Waals surface area contributed by atoms with Gasteiger partial charge in [0.2, 0.25) is 0 Å². The van der Waals surface area contributed by atoms with Gasteiger partial charge in [0.25, 0.3) is 5.91 Å². The zero-order valence-corrected chi connectivity index (χ0v) is 12.0. The van der Waals surface area contributed by atoms with Crippen molar-refractivity contribution in [2.45, 2.75) is 0 Å². The summed E-state index contributed by atoms with van der Waals surface area (Å²) in [5.74, 6) is 0.694. The third-order valence-electron chi connectivity index (χ3n) is 2.68. The van der Waals surface area contributed by atoms with Crippen LogP contribution in [0.5, 0.6) is 5.75 Å². The van der Waals surface area contributed by atoms with E-state index < -0.39 is 0 Å². The van der Waals surface area contributed by atoms with Gasteiger partial charge in [-0.1, -0.05) is 6.07 Å². The Labute approximate surface area is 121 Å². The molecular weight excluding hydrogens is 274 g/mol. The molecule has 0 saturated heterocycles. The molecule has 2 aromatic rings. The Morgan fingerprint density at radius 2 is 2.20 bits per heavy atom. The standard InChI is InChI=1S/C14H15N3O2S/c1-16-14(18)10-8-9(5-6-11(10)19-2)17-13(15)12-4-3-7-20-12/h3-8H,1-2H3,(H2,15,17)(H,16,18). The Morgan fingerprint density at radius 3 is 2.80 bits per heavy atom. The SMILES string of the molecule is CNC(=O)c1cc(N=C(N)c2cccs2)ccc1OC. The molecule has 1 aromatic carbocycles. The molecule has 1 amide bonds. The monoisotopic (exact) mass is 289 g/mol. The average molecular weight is 289 g/mol. The van der Waals surface area contributed by atoms with Crippen LogP contribution < -0.4 is 15.8 Å². The highest BCUT2D eigenvalue weighted by molar-refractivity contribution is 7.12. The molecule has 0 unspecified atom stereocenters. The fraction of sp³-hybridized carbons (Fsp3) is 0.143. The number of ether oxygens (including phenoxy) is 1. The van der Waals surface area contributed by atoms with Crippen molar-refractivity contribution in [3.05, 3.63) is 46.2 Å². The molecule has 0 aliphatic carbocycles. The van der Waals surface area contributed by atoms with Crippen LogP contribution >= 0.6 is 11.3 Å². The fourth-order valence-corrected chi connectivity index (χ4v) is 2.32. The van der Waals surface area contributed by atoms with Gasteiger partial charge in [0, 0.05) is 7.05 Å². The van der Waals surface area contributed by atoms with Gasteiger partial charge >= 0.3 is 0 Å². The molecule has 3 N–H and O–H groups in total. The summed E-state index contributed by atoms with van der Waals surface area (Å²) in [4.78, 5) is 17.0. The van der Waals surface area contributed by atoms with E-state index in [0.717, 1.165) is 4.88 Å². The summed E-state index contributed by atoms with van der Waals surface area (Å²) in [6.45, 7) is 0. The third-order valence-corrected chi connectivity index (χ3v) is 3.57. The average Bonchev–Trinajstić information content (AvgIpc) is 3.00. The fourth-order valence-electron chi connectivity index (χ4n) is 1.70. The molecule has 0 spiro atoms. The molecule has 0 atom stereocenters. The van der Waals surface area contributed by atoms with E-state index in [9.17, 15) is 4.79 Å². The van der Waals surface area contributed by atoms with Crippen LogP contribution in [0.4, 0.5) is 5.69 Å². The maximum absolute atomic E-state index is 11.8. The first-order chi connectivity index (χ1) is 9.65. The Hall–Kier alpha value is -2.34. The zero-order valence-electron chi connectivity index (χ0n) is 11.2. The Kier molecular flexibility index (Phi) is 4.37. The molecule has 0 radical (unpaired) electrons. The van der Waals surface area contributed by atoms with Gasteiger partial charge in [-0.25, -0.2) is 4.99 Å². The molecule has 1 aromatic heterocycles. The van der Waals surface area contributed by atoms with Crippen molar-refractivity contribution in [3.63, 3.8) is 0 Å². The Bertz CT molecular complexity index is 636. The van der Waals surface area contributed by atoms with Crippen molar-refractivity contribution >= 4 is 28.8 Å². The minimum atomic E-state index is -0.228. The number of carbonyl (C=O) groups excluding carboxylic acids is 1. The van der Waals surface area contributed by atoms with Crippen molar-refractivity contribution in [3.8, 4) is 5.75 Å². The molecule has 0 fully saturated rings. The highest BCUT2D eigenvalue weighted by Gasteiger charge is 2.11. The molecule has 0 saturated carbocycles. The van der Waals surface area contributed by atoms with E-state index in [4.69, 9.17) is 10.5 Å². The number of hydrogen-bond donors (Lipinski definition) is 2. The van der Waals surface area contributed by atoms with Crippen LogP contribution in [0.2, 0.25) is 0 Å². The number of thiophene rings is 1. The lowest BCUT2D eigenvalue weighted by Crippen LogP contribution is -2.18. The van der Waals surface area contributed by atoms with Crippen molar-refractivity contribution in [2.24, 2.45) is 10.7 Å². The van der Waals surface area contributed by atoms with E-state index in [1.807, 2.05) is 17.5 Å². The third kappa shape index (κ3) is 2.97. The second-order valence-corrected chi connectivity index (χ2v) is 4.89. The first kappa shape index (κ1) is 14.1. The number of methoxy groups -OCH3 is 1. The number of amides is 1. The molecule has 1 heterocycles. The summed E-state index contributed by atoms with van der Waals surface area (Å²) in [6, 6.07) is 8.91. The summed E-state index contributed by atoms with van der Waals surface area (Å²) in [5, 5.41) is 4.50. The first-order valence-corrected chi connectivity index (χ1v) is 6.82. The van der Waals surface area contributed by atoms with E-state index in [2.05, 4.69) is 10.3 Å². The predicted octanol–water partition coefficient (Wildman–Crippen LogP) is 2.15. The van der Waals surface area contributed by atoms with Gasteiger partial charge in [0.05, 0.1) is 23.2 Å². The van der Waals surface area contributed by atoms with Crippen LogP contribution in [-0.4, -0.2) is 25.9 Å². The molecule has 5 nitrogen and oxygen atoms in total. The number of hydrogen-bond acceptors (Lipinski definition) is 4. The largest absolute Gasteiger partial charge is 0.496 e. The van der Waals surface area contributed by atoms with Gasteiger partial charge in [-0.15, -0.1) is 11.3 Å². The van der Waals surface area contributed by atoms with Crippen molar-refractivity contribution in [2.75, 3.05) is 14.2 Å². The minimum Gasteiger partial charge on any atom is -0.496 e. The van der Waals surface area contributed by atoms with Crippen LogP contribution in [0.15, 0.2) is 40.7 Å². The van der Waals surface area contributed by atoms with Crippen LogP contribution in [-0.2, 0) is 0 Å². The van der Waals surface area contributed by atoms with Crippen molar-refractivity contribution in [1.29, 1.82) is 0 Å². The number of amidine groups is 1. The van der Waals surface area contributed by atoms with E-state index in [1.54, 1.807) is 25.2 Å². The first-order valence-electron chi connectivity index (χ1n) is 5.94. The molecule has 0 bridgehead atoms. The number of carbonyl (C=O) groups is 1. The summed E-state index contributed by atoms with van der Waals surface area (Å²) in [5.41, 5.74) is 6.96. The lowest BCUT2D eigenvalue weighted by Gasteiger charge is -2.08. The maximum atomic E-state index is 11.8. The highest BCUT2D eigenvalue weighted by atomic mass is 32.1. The molecule has 0 aliphatic heterocycles. The molecule has 0 aliphatic rings. The van der Waals surface area contributed by atoms with Crippen LogP contribution in [0.1, 0.15) is 15.2 Å². The maximum Gasteiger partial charge on any atom is 0.254 e. The minimum absolute atomic E-state index is 0.228. The number of rotatable bonds is 4. The van der Waals surface area contributed by atoms with Crippen LogP contribution in [0.3, 0.4) is 0 Å². The molecule has 104 valence electrons. The normalized spacial score (nSPS) is 11.2. The van der Waals surface area contributed by atoms with Gasteiger partial charge in [-0.2, -0.15) is 0 Å². The quantitative estimate of drug-likeness (QED) is 0.669. The summed E-state index contributed by atoms with van der Waals surface area (Å²) >= 11 is 1.51. The smallest absolute Gasteiger partial charge is 0.254 e. The summed E-state index contributed by atoms with van der Waals surface area (Å²) in [7, 11) is 3.09. The number of benzene rings is 1. The van der Waals surface area contributed by atoms with Crippen molar-refractivity contribution in [1.82, 2.24) is 5.32 Å². The van der Waals surface area contributed by atoms with Crippen LogP contribution in [0, 0.1) is 0 Å². The molecule has 20 heavy (non-hydrogen) atoms. The van der Waals surface area contributed by atoms with E-state index in [-0.39, 0.29) is 5.91 Å². The predicted molar refractivity (Wildman–Crippen MR) is 81.1 cm³/mol. The molecular formula is C14H15N3O2S. The van der Waals surface area contributed by atoms with Gasteiger partial charge in [0.1, 0.15) is 11.6 Å². The number of nitrogens with two attached hydrogens (primary N) is 1. The Balaban J connectivity index is 2.39. The van der Waals surface area contributed by atoms with Gasteiger partial charge in [-0.05, 0) is 29.6 Å². The number of aliphatic imine (C=N–C) groups is 1. The molecule has 2 rings (SSSR count). The Morgan fingerprint density at radius 1 is 1.40 bits per heavy atom. The van der Waals surface area contributed by atoms with Gasteiger partial charge in [0.15, 0.2) is 0 Å². The second kappa shape index (κ2) is 6.21. The van der Waals surface area contributed by atoms with Crippen LogP contribution in [0.25, 0.3) is 0 Å². The van der Waals surface area contributed by atoms with E-state index in [1.165, 1.54) is 18.4 Å². The highest BCUT2D eigenvalue weighted by Crippen LogP contribution is 2.25. The number of nitrogens with one attached hydrogen (secondary N) is 1. The number of nitrogens with zero attached hydrogens (tertiary/aromatic N) is 1.